The van der Waals surface area contributed by atoms with E-state index in [0.29, 0.717) is 0 Å². The van der Waals surface area contributed by atoms with E-state index in [1.54, 1.807) is 0 Å². The molecule has 3 aliphatic heterocycles. The van der Waals surface area contributed by atoms with Gasteiger partial charge in [-0.15, -0.1) is 0 Å². The zero-order valence-corrected chi connectivity index (χ0v) is 24.9. The molecule has 7 heterocycles. The summed E-state index contributed by atoms with van der Waals surface area (Å²) < 4.78 is 63.6. The third-order valence-electron chi connectivity index (χ3n) is 6.95. The number of aliphatic hydroxyl groups excluding tert-OH is 2. The summed E-state index contributed by atoms with van der Waals surface area (Å²) in [5.74, 6) is 0.170. The second kappa shape index (κ2) is 10.6. The van der Waals surface area contributed by atoms with E-state index in [9.17, 15) is 19.3 Å². The molecule has 6 N–H and O–H groups in total. The van der Waals surface area contributed by atoms with Gasteiger partial charge < -0.3 is 31.2 Å². The lowest BCUT2D eigenvalue weighted by Crippen LogP contribution is -2.36. The first kappa shape index (κ1) is 29.3. The van der Waals surface area contributed by atoms with Gasteiger partial charge in [0, 0.05) is 0 Å². The summed E-state index contributed by atoms with van der Waals surface area (Å²) in [4.78, 5) is 24.3. The van der Waals surface area contributed by atoms with E-state index < -0.39 is 69.5 Å². The molecule has 0 aliphatic carbocycles. The lowest BCUT2D eigenvalue weighted by molar-refractivity contribution is -0.126. The maximum Gasteiger partial charge on any atom is 0.388 e. The van der Waals surface area contributed by atoms with E-state index >= 15 is 0 Å². The number of fused-ring (bicyclic) bond motifs is 4. The summed E-state index contributed by atoms with van der Waals surface area (Å²) in [6.45, 7) is -9.30. The summed E-state index contributed by atoms with van der Waals surface area (Å²) in [6, 6.07) is 0. The molecule has 3 saturated heterocycles. The monoisotopic (exact) mass is 676 g/mol. The van der Waals surface area contributed by atoms with Crippen LogP contribution in [0, 0.1) is 0 Å². The molecular formula is C19H22N10O10P2S2. The van der Waals surface area contributed by atoms with E-state index in [0.717, 1.165) is 0 Å². The first-order valence-electron chi connectivity index (χ1n) is 12.3. The van der Waals surface area contributed by atoms with Crippen LogP contribution in [0.3, 0.4) is 0 Å². The van der Waals surface area contributed by atoms with Crippen LogP contribution < -0.4 is 11.5 Å². The Bertz CT molecular complexity index is 1810. The van der Waals surface area contributed by atoms with Crippen molar-refractivity contribution >= 4 is 72.1 Å². The van der Waals surface area contributed by atoms with Crippen molar-refractivity contribution in [2.45, 2.75) is 49.3 Å². The van der Waals surface area contributed by atoms with Gasteiger partial charge in [0.05, 0.1) is 19.3 Å². The van der Waals surface area contributed by atoms with Crippen LogP contribution in [0.5, 0.6) is 0 Å². The Morgan fingerprint density at radius 3 is 1.91 bits per heavy atom. The van der Waals surface area contributed by atoms with Crippen LogP contribution in [0.1, 0.15) is 12.5 Å². The van der Waals surface area contributed by atoms with Gasteiger partial charge in [-0.1, -0.05) is 24.5 Å². The Morgan fingerprint density at radius 2 is 1.30 bits per heavy atom. The highest BCUT2D eigenvalue weighted by Gasteiger charge is 2.55. The molecule has 4 aromatic heterocycles. The average Bonchev–Trinajstić information content (AvgIpc) is 3.70. The van der Waals surface area contributed by atoms with Crippen LogP contribution in [-0.4, -0.2) is 92.7 Å². The fraction of sp³-hybridized carbons (Fsp3) is 0.474. The predicted octanol–water partition coefficient (Wildman–Crippen LogP) is 0.198. The largest absolute Gasteiger partial charge is 0.388 e. The summed E-state index contributed by atoms with van der Waals surface area (Å²) in [6.07, 6.45) is -6.62. The lowest BCUT2D eigenvalue weighted by Gasteiger charge is -2.25. The maximum absolute atomic E-state index is 13.6. The van der Waals surface area contributed by atoms with Crippen LogP contribution in [0.25, 0.3) is 22.3 Å². The first-order chi connectivity index (χ1) is 20.4. The van der Waals surface area contributed by atoms with Crippen LogP contribution in [-0.2, 0) is 36.7 Å². The number of imidazole rings is 2. The topological polar surface area (TPSA) is 269 Å². The average molecular weight is 677 g/mol. The molecule has 4 unspecified atom stereocenters. The van der Waals surface area contributed by atoms with Crippen LogP contribution in [0.4, 0.5) is 11.6 Å². The standard InChI is InChI=1S/C19H22N10O10P2S2/c20-13-7-15(24-2-22-13)28(4-26-7)17-9(30)11-6(35-17)1-34-40(32,42)38-12-10(31)18(36-19(12)39-41(33,43)37-11)29-5-27-8-14(21)23-3-25-16(8)29/h2-6,9-12,17-19,30-31H,1H2,(H,32,42)(H,33,43)(H2,20,22,24)(H2,21,23,25)/t6-,9?,10?,11?,12?,17-,18-,19-,40-,41-/m1/s1. The van der Waals surface area contributed by atoms with E-state index in [-0.39, 0.29) is 34.0 Å². The second-order valence-corrected chi connectivity index (χ2v) is 15.3. The molecule has 0 amide bonds. The highest BCUT2D eigenvalue weighted by Crippen LogP contribution is 2.62. The van der Waals surface area contributed by atoms with E-state index in [1.165, 1.54) is 34.4 Å². The van der Waals surface area contributed by atoms with Gasteiger partial charge in [0.15, 0.2) is 41.7 Å². The molecule has 0 saturated carbocycles. The number of ether oxygens (including phenoxy) is 2. The Kier molecular flexibility index (Phi) is 7.19. The SMILES string of the molecule is Nc1ncnc2c1ncn2[C@@H]1O[C@@H]2O[P@](=O)(S)OC3C(O)[C@H](n4cnc5c(N)ncnc54)O[C@@H]3CO[P@@](=O)(S)OC2C1O. The van der Waals surface area contributed by atoms with Crippen molar-refractivity contribution in [2.75, 3.05) is 18.1 Å². The molecule has 0 bridgehead atoms. The van der Waals surface area contributed by atoms with Gasteiger partial charge >= 0.3 is 13.6 Å². The van der Waals surface area contributed by atoms with Gasteiger partial charge in [0.2, 0.25) is 0 Å². The van der Waals surface area contributed by atoms with Gasteiger partial charge in [-0.3, -0.25) is 27.2 Å². The van der Waals surface area contributed by atoms with Crippen molar-refractivity contribution in [3.63, 3.8) is 0 Å². The third-order valence-corrected chi connectivity index (χ3v) is 10.1. The van der Waals surface area contributed by atoms with Gasteiger partial charge in [-0.05, 0) is 0 Å². The highest BCUT2D eigenvalue weighted by atomic mass is 32.7. The number of hydrogen-bond acceptors (Lipinski definition) is 18. The molecule has 4 aromatic rings. The minimum atomic E-state index is -4.46. The Balaban J connectivity index is 1.20. The summed E-state index contributed by atoms with van der Waals surface area (Å²) in [5, 5.41) is 22.4. The van der Waals surface area contributed by atoms with Gasteiger partial charge in [0.1, 0.15) is 54.2 Å². The van der Waals surface area contributed by atoms with Gasteiger partial charge in [0.25, 0.3) is 0 Å². The van der Waals surface area contributed by atoms with E-state index in [4.69, 9.17) is 39.0 Å². The number of hydrogen-bond donors (Lipinski definition) is 6. The Hall–Kier alpha value is -2.46. The molecular weight excluding hydrogens is 654 g/mol. The zero-order valence-electron chi connectivity index (χ0n) is 21.3. The Morgan fingerprint density at radius 1 is 0.767 bits per heavy atom. The molecule has 20 nitrogen and oxygen atoms in total. The van der Waals surface area contributed by atoms with Crippen molar-refractivity contribution in [2.24, 2.45) is 0 Å². The summed E-state index contributed by atoms with van der Waals surface area (Å²) in [7, 11) is 0. The van der Waals surface area contributed by atoms with Gasteiger partial charge in [-0.2, -0.15) is 0 Å². The normalized spacial score (nSPS) is 38.6. The second-order valence-electron chi connectivity index (χ2n) is 9.59. The molecule has 24 heteroatoms. The number of aliphatic hydroxyl groups is 2. The number of nitrogens with two attached hydrogens (primary N) is 2. The number of rotatable bonds is 2. The molecule has 0 aromatic carbocycles. The molecule has 0 radical (unpaired) electrons. The number of nitrogen functional groups attached to an aromatic ring is 2. The van der Waals surface area contributed by atoms with Crippen molar-refractivity contribution in [3.05, 3.63) is 25.3 Å². The van der Waals surface area contributed by atoms with Crippen LogP contribution in [0.15, 0.2) is 25.3 Å². The summed E-state index contributed by atoms with van der Waals surface area (Å²) in [5.41, 5.74) is 12.6. The molecule has 3 aliphatic rings. The minimum absolute atomic E-state index is 0.0744. The molecule has 230 valence electrons. The zero-order chi connectivity index (χ0) is 30.3. The smallest absolute Gasteiger partial charge is 0.386 e. The third kappa shape index (κ3) is 5.10. The Labute approximate surface area is 250 Å². The fourth-order valence-corrected chi connectivity index (χ4v) is 8.14. The fourth-order valence-electron chi connectivity index (χ4n) is 5.03. The maximum atomic E-state index is 13.6. The van der Waals surface area contributed by atoms with E-state index in [1.807, 2.05) is 0 Å². The lowest BCUT2D eigenvalue weighted by atomic mass is 10.1. The van der Waals surface area contributed by atoms with Gasteiger partial charge in [-0.25, -0.2) is 39.0 Å². The predicted molar refractivity (Wildman–Crippen MR) is 149 cm³/mol. The summed E-state index contributed by atoms with van der Waals surface area (Å²) >= 11 is 8.10. The van der Waals surface area contributed by atoms with Crippen molar-refractivity contribution < 1.29 is 46.9 Å². The number of aromatic nitrogens is 8. The molecule has 7 rings (SSSR count). The van der Waals surface area contributed by atoms with Crippen molar-refractivity contribution in [1.82, 2.24) is 39.0 Å². The number of anilines is 2. The van der Waals surface area contributed by atoms with Crippen molar-refractivity contribution in [3.8, 4) is 0 Å². The molecule has 10 atom stereocenters. The molecule has 0 spiro atoms. The minimum Gasteiger partial charge on any atom is -0.386 e. The molecule has 43 heavy (non-hydrogen) atoms. The first-order valence-corrected chi connectivity index (χ1v) is 17.7. The van der Waals surface area contributed by atoms with Crippen molar-refractivity contribution in [1.29, 1.82) is 0 Å². The van der Waals surface area contributed by atoms with Crippen LogP contribution in [0.2, 0.25) is 0 Å². The molecule has 3 fully saturated rings. The van der Waals surface area contributed by atoms with E-state index in [2.05, 4.69) is 54.4 Å². The highest BCUT2D eigenvalue weighted by molar-refractivity contribution is 8.44. The quantitative estimate of drug-likeness (QED) is 0.122. The van der Waals surface area contributed by atoms with Crippen LogP contribution >= 0.6 is 38.1 Å². The number of nitrogens with zero attached hydrogens (tertiary/aromatic N) is 8. The number of thiol groups is 2.